The molecule has 1 heterocycles. The van der Waals surface area contributed by atoms with E-state index in [4.69, 9.17) is 0 Å². The molecule has 2 nitrogen and oxygen atoms in total. The number of nitriles is 1. The predicted molar refractivity (Wildman–Crippen MR) is 116 cm³/mol. The van der Waals surface area contributed by atoms with E-state index in [1.807, 2.05) is 0 Å². The summed E-state index contributed by atoms with van der Waals surface area (Å²) in [5.74, 6) is 0. The molecule has 2 aromatic rings. The summed E-state index contributed by atoms with van der Waals surface area (Å²) >= 11 is 0. The Labute approximate surface area is 169 Å². The number of piperidine rings is 1. The minimum absolute atomic E-state index is 1.02. The van der Waals surface area contributed by atoms with Crippen LogP contribution in [0.15, 0.2) is 24.3 Å². The van der Waals surface area contributed by atoms with Crippen molar-refractivity contribution in [3.05, 3.63) is 52.1 Å². The molecule has 1 saturated heterocycles. The Hall–Kier alpha value is -2.27. The first-order valence-electron chi connectivity index (χ1n) is 11.3. The lowest BCUT2D eigenvalue weighted by atomic mass is 9.75. The topological polar surface area (TPSA) is 27.0 Å². The zero-order chi connectivity index (χ0) is 18.9. The fourth-order valence-electron chi connectivity index (χ4n) is 5.80. The smallest absolute Gasteiger partial charge is 0.102 e. The second-order valence-electron chi connectivity index (χ2n) is 8.77. The van der Waals surface area contributed by atoms with Gasteiger partial charge in [-0.3, -0.25) is 0 Å². The summed E-state index contributed by atoms with van der Waals surface area (Å²) in [5, 5.41) is 10.3. The minimum atomic E-state index is 1.02. The van der Waals surface area contributed by atoms with E-state index in [9.17, 15) is 5.26 Å². The number of nitrogens with zero attached hydrogens (tertiary/aromatic N) is 2. The van der Waals surface area contributed by atoms with Gasteiger partial charge in [-0.05, 0) is 91.2 Å². The van der Waals surface area contributed by atoms with Crippen LogP contribution in [0.3, 0.4) is 0 Å². The normalized spacial score (nSPS) is 18.9. The van der Waals surface area contributed by atoms with Crippen LogP contribution in [0.25, 0.3) is 11.1 Å². The lowest BCUT2D eigenvalue weighted by Crippen LogP contribution is -2.32. The molecule has 3 aliphatic rings. The summed E-state index contributed by atoms with van der Waals surface area (Å²) in [6.45, 7) is 2.23. The number of aryl methyl sites for hydroxylation is 1. The monoisotopic (exact) mass is 370 g/mol. The van der Waals surface area contributed by atoms with Crippen LogP contribution in [0.5, 0.6) is 0 Å². The number of rotatable bonds is 1. The second-order valence-corrected chi connectivity index (χ2v) is 8.77. The Bertz CT molecular complexity index is 928. The molecule has 28 heavy (non-hydrogen) atoms. The van der Waals surface area contributed by atoms with Gasteiger partial charge in [0.25, 0.3) is 0 Å². The maximum Gasteiger partial charge on any atom is 0.102 e. The van der Waals surface area contributed by atoms with Crippen LogP contribution in [0.4, 0.5) is 5.69 Å². The summed E-state index contributed by atoms with van der Waals surface area (Å²) in [6.07, 6.45) is 13.4. The highest BCUT2D eigenvalue weighted by atomic mass is 15.1. The molecule has 0 atom stereocenters. The van der Waals surface area contributed by atoms with Crippen LogP contribution in [-0.4, -0.2) is 13.1 Å². The predicted octanol–water partition coefficient (Wildman–Crippen LogP) is 5.97. The average Bonchev–Trinajstić information content (AvgIpc) is 2.73. The first kappa shape index (κ1) is 17.8. The van der Waals surface area contributed by atoms with Gasteiger partial charge in [0.15, 0.2) is 0 Å². The van der Waals surface area contributed by atoms with Crippen molar-refractivity contribution < 1.29 is 0 Å². The van der Waals surface area contributed by atoms with Crippen LogP contribution in [0.2, 0.25) is 0 Å². The molecule has 2 aromatic carbocycles. The van der Waals surface area contributed by atoms with Crippen molar-refractivity contribution in [1.82, 2.24) is 0 Å². The maximum atomic E-state index is 10.3. The van der Waals surface area contributed by atoms with Crippen molar-refractivity contribution in [3.8, 4) is 17.2 Å². The third-order valence-corrected chi connectivity index (χ3v) is 7.11. The molecule has 0 N–H and O–H groups in total. The van der Waals surface area contributed by atoms with Crippen LogP contribution in [0.1, 0.15) is 72.8 Å². The Morgan fingerprint density at radius 2 is 1.43 bits per heavy atom. The van der Waals surface area contributed by atoms with Crippen molar-refractivity contribution in [2.75, 3.05) is 18.0 Å². The Balaban J connectivity index is 1.81. The van der Waals surface area contributed by atoms with Gasteiger partial charge in [0.05, 0.1) is 11.3 Å². The fraction of sp³-hybridized carbons (Fsp3) is 0.500. The summed E-state index contributed by atoms with van der Waals surface area (Å²) in [4.78, 5) is 2.56. The second kappa shape index (κ2) is 7.63. The zero-order valence-electron chi connectivity index (χ0n) is 16.9. The molecule has 0 aromatic heterocycles. The number of fused-ring (bicyclic) bond motifs is 5. The first-order valence-corrected chi connectivity index (χ1v) is 11.3. The summed E-state index contributed by atoms with van der Waals surface area (Å²) in [5.41, 5.74) is 11.2. The lowest BCUT2D eigenvalue weighted by Gasteiger charge is -2.36. The Morgan fingerprint density at radius 1 is 0.714 bits per heavy atom. The molecule has 144 valence electrons. The number of benzene rings is 2. The molecule has 0 unspecified atom stereocenters. The van der Waals surface area contributed by atoms with Crippen molar-refractivity contribution in [2.24, 2.45) is 0 Å². The van der Waals surface area contributed by atoms with Crippen molar-refractivity contribution in [3.63, 3.8) is 0 Å². The number of hydrogen-bond donors (Lipinski definition) is 0. The Kier molecular flexibility index (Phi) is 4.85. The minimum Gasteiger partial charge on any atom is -0.370 e. The summed E-state index contributed by atoms with van der Waals surface area (Å²) in [7, 11) is 0. The van der Waals surface area contributed by atoms with Crippen molar-refractivity contribution in [1.29, 1.82) is 5.26 Å². The van der Waals surface area contributed by atoms with E-state index in [2.05, 4.69) is 35.2 Å². The van der Waals surface area contributed by atoms with E-state index in [0.717, 1.165) is 44.3 Å². The van der Waals surface area contributed by atoms with E-state index in [1.54, 1.807) is 0 Å². The van der Waals surface area contributed by atoms with Gasteiger partial charge in [0, 0.05) is 13.1 Å². The third kappa shape index (κ3) is 2.93. The van der Waals surface area contributed by atoms with Gasteiger partial charge in [0.1, 0.15) is 6.07 Å². The molecular formula is C26H30N2. The van der Waals surface area contributed by atoms with Gasteiger partial charge >= 0.3 is 0 Å². The summed E-state index contributed by atoms with van der Waals surface area (Å²) < 4.78 is 0. The van der Waals surface area contributed by atoms with Gasteiger partial charge in [-0.15, -0.1) is 0 Å². The first-order chi connectivity index (χ1) is 13.9. The van der Waals surface area contributed by atoms with E-state index in [-0.39, 0.29) is 0 Å². The third-order valence-electron chi connectivity index (χ3n) is 7.11. The number of hydrogen-bond acceptors (Lipinski definition) is 2. The molecular weight excluding hydrogens is 340 g/mol. The van der Waals surface area contributed by atoms with Crippen LogP contribution in [-0.2, 0) is 25.7 Å². The quantitative estimate of drug-likeness (QED) is 0.618. The lowest BCUT2D eigenvalue weighted by molar-refractivity contribution is 0.574. The standard InChI is InChI=1S/C26H30N2/c27-18-24-21-12-4-1-2-5-13-22(21)25-20-11-7-6-10-19(20)14-15-23(25)26(24)28-16-8-3-9-17-28/h6-7,10-11H,1-5,8-9,12-17H2. The molecule has 1 aliphatic heterocycles. The van der Waals surface area contributed by atoms with Crippen molar-refractivity contribution >= 4 is 5.69 Å². The number of anilines is 1. The molecule has 0 radical (unpaired) electrons. The van der Waals surface area contributed by atoms with Gasteiger partial charge in [-0.1, -0.05) is 37.1 Å². The van der Waals surface area contributed by atoms with E-state index >= 15 is 0 Å². The Morgan fingerprint density at radius 3 is 2.21 bits per heavy atom. The molecule has 1 fully saturated rings. The average molecular weight is 371 g/mol. The van der Waals surface area contributed by atoms with Gasteiger partial charge in [-0.2, -0.15) is 5.26 Å². The molecule has 2 aliphatic carbocycles. The van der Waals surface area contributed by atoms with E-state index < -0.39 is 0 Å². The molecule has 0 saturated carbocycles. The molecule has 2 heteroatoms. The molecule has 0 amide bonds. The molecule has 0 spiro atoms. The largest absolute Gasteiger partial charge is 0.370 e. The van der Waals surface area contributed by atoms with E-state index in [0.29, 0.717) is 0 Å². The zero-order valence-corrected chi connectivity index (χ0v) is 16.9. The van der Waals surface area contributed by atoms with Gasteiger partial charge in [0.2, 0.25) is 0 Å². The highest BCUT2D eigenvalue weighted by Crippen LogP contribution is 2.46. The molecule has 5 rings (SSSR count). The van der Waals surface area contributed by atoms with Gasteiger partial charge in [-0.25, -0.2) is 0 Å². The maximum absolute atomic E-state index is 10.3. The fourth-order valence-corrected chi connectivity index (χ4v) is 5.80. The van der Waals surface area contributed by atoms with Gasteiger partial charge < -0.3 is 4.90 Å². The van der Waals surface area contributed by atoms with Crippen molar-refractivity contribution in [2.45, 2.75) is 70.6 Å². The summed E-state index contributed by atoms with van der Waals surface area (Å²) in [6, 6.07) is 11.7. The van der Waals surface area contributed by atoms with Crippen LogP contribution in [0, 0.1) is 11.3 Å². The SMILES string of the molecule is N#Cc1c2c(c3c(c1N1CCCCC1)CCc1ccccc1-3)CCCCCC2. The highest BCUT2D eigenvalue weighted by molar-refractivity contribution is 5.86. The van der Waals surface area contributed by atoms with Crippen LogP contribution >= 0.6 is 0 Å². The van der Waals surface area contributed by atoms with Crippen LogP contribution < -0.4 is 4.90 Å². The highest BCUT2D eigenvalue weighted by Gasteiger charge is 2.30. The van der Waals surface area contributed by atoms with E-state index in [1.165, 1.54) is 84.0 Å². The molecule has 0 bridgehead atoms.